The Morgan fingerprint density at radius 3 is 2.69 bits per heavy atom. The summed E-state index contributed by atoms with van der Waals surface area (Å²) < 4.78 is 11.6. The molecule has 0 bridgehead atoms. The van der Waals surface area contributed by atoms with Crippen molar-refractivity contribution >= 4 is 15.9 Å². The van der Waals surface area contributed by atoms with Crippen LogP contribution in [0.15, 0.2) is 0 Å². The quantitative estimate of drug-likeness (QED) is 0.743. The van der Waals surface area contributed by atoms with E-state index in [2.05, 4.69) is 34.7 Å². The highest BCUT2D eigenvalue weighted by atomic mass is 79.9. The fourth-order valence-corrected chi connectivity index (χ4v) is 2.90. The fourth-order valence-electron chi connectivity index (χ4n) is 2.50. The average Bonchev–Trinajstić information content (AvgIpc) is 2.67. The van der Waals surface area contributed by atoms with Crippen molar-refractivity contribution in [2.75, 3.05) is 25.0 Å². The summed E-state index contributed by atoms with van der Waals surface area (Å²) in [7, 11) is 0. The van der Waals surface area contributed by atoms with Crippen molar-refractivity contribution in [2.45, 2.75) is 51.0 Å². The van der Waals surface area contributed by atoms with Crippen LogP contribution < -0.4 is 0 Å². The Hall–Kier alpha value is 0.360. The van der Waals surface area contributed by atoms with Crippen LogP contribution in [0.3, 0.4) is 0 Å². The van der Waals surface area contributed by atoms with E-state index >= 15 is 0 Å². The Morgan fingerprint density at radius 1 is 1.25 bits per heavy atom. The van der Waals surface area contributed by atoms with Gasteiger partial charge in [-0.05, 0) is 26.7 Å². The van der Waals surface area contributed by atoms with Crippen LogP contribution in [-0.2, 0) is 9.47 Å². The molecule has 0 amide bonds. The van der Waals surface area contributed by atoms with E-state index in [1.165, 1.54) is 12.8 Å². The van der Waals surface area contributed by atoms with E-state index in [1.807, 2.05) is 0 Å². The molecule has 0 aliphatic carbocycles. The number of ether oxygens (including phenoxy) is 2. The summed E-state index contributed by atoms with van der Waals surface area (Å²) in [6.45, 7) is 7.35. The minimum atomic E-state index is 0.343. The van der Waals surface area contributed by atoms with Crippen molar-refractivity contribution in [3.63, 3.8) is 0 Å². The smallest absolute Gasteiger partial charge is 0.0799 e. The molecule has 0 aromatic rings. The summed E-state index contributed by atoms with van der Waals surface area (Å²) in [5, 5.41) is 0.929. The summed E-state index contributed by atoms with van der Waals surface area (Å²) in [5.74, 6) is 0. The van der Waals surface area contributed by atoms with Gasteiger partial charge in [-0.1, -0.05) is 15.9 Å². The summed E-state index contributed by atoms with van der Waals surface area (Å²) in [6.07, 6.45) is 3.66. The lowest BCUT2D eigenvalue weighted by Gasteiger charge is -2.38. The third kappa shape index (κ3) is 3.19. The van der Waals surface area contributed by atoms with Crippen molar-refractivity contribution < 1.29 is 9.47 Å². The Balaban J connectivity index is 1.82. The molecule has 2 aliphatic rings. The molecule has 0 aromatic carbocycles. The standard InChI is InChI=1S/C12H22BrNO2/c1-9-8-15-12(5-13)7-14(9)6-11-4-3-10(2)16-11/h9-12H,3-8H2,1-2H3. The zero-order valence-electron chi connectivity index (χ0n) is 10.2. The zero-order chi connectivity index (χ0) is 11.5. The van der Waals surface area contributed by atoms with Gasteiger partial charge in [-0.25, -0.2) is 0 Å². The summed E-state index contributed by atoms with van der Waals surface area (Å²) in [4.78, 5) is 2.51. The van der Waals surface area contributed by atoms with E-state index in [-0.39, 0.29) is 0 Å². The SMILES string of the molecule is CC1CCC(CN2CC(CBr)OCC2C)O1. The van der Waals surface area contributed by atoms with Crippen LogP contribution in [0.5, 0.6) is 0 Å². The van der Waals surface area contributed by atoms with Gasteiger partial charge in [-0.3, -0.25) is 4.90 Å². The minimum Gasteiger partial charge on any atom is -0.374 e. The maximum absolute atomic E-state index is 5.89. The van der Waals surface area contributed by atoms with Crippen molar-refractivity contribution in [3.05, 3.63) is 0 Å². The van der Waals surface area contributed by atoms with Gasteiger partial charge in [0.1, 0.15) is 0 Å². The summed E-state index contributed by atoms with van der Waals surface area (Å²) >= 11 is 3.50. The second-order valence-electron chi connectivity index (χ2n) is 5.06. The highest BCUT2D eigenvalue weighted by Gasteiger charge is 2.30. The van der Waals surface area contributed by atoms with Gasteiger partial charge in [0.15, 0.2) is 0 Å². The summed E-state index contributed by atoms with van der Waals surface area (Å²) in [5.41, 5.74) is 0. The molecule has 2 rings (SSSR count). The van der Waals surface area contributed by atoms with Crippen molar-refractivity contribution in [2.24, 2.45) is 0 Å². The number of morpholine rings is 1. The van der Waals surface area contributed by atoms with Crippen LogP contribution in [0.4, 0.5) is 0 Å². The van der Waals surface area contributed by atoms with E-state index in [9.17, 15) is 0 Å². The summed E-state index contributed by atoms with van der Waals surface area (Å²) in [6, 6.07) is 0.523. The van der Waals surface area contributed by atoms with Gasteiger partial charge in [0.25, 0.3) is 0 Å². The molecule has 0 spiro atoms. The molecule has 94 valence electrons. The lowest BCUT2D eigenvalue weighted by molar-refractivity contribution is -0.0659. The third-order valence-corrected chi connectivity index (χ3v) is 4.29. The number of hydrogen-bond donors (Lipinski definition) is 0. The van der Waals surface area contributed by atoms with Gasteiger partial charge in [-0.2, -0.15) is 0 Å². The molecule has 0 saturated carbocycles. The Bertz CT molecular complexity index is 227. The van der Waals surface area contributed by atoms with E-state index in [1.54, 1.807) is 0 Å². The first-order chi connectivity index (χ1) is 7.69. The Morgan fingerprint density at radius 2 is 2.06 bits per heavy atom. The molecule has 2 fully saturated rings. The second-order valence-corrected chi connectivity index (χ2v) is 5.71. The lowest BCUT2D eigenvalue weighted by Crippen LogP contribution is -2.51. The number of rotatable bonds is 3. The van der Waals surface area contributed by atoms with Crippen LogP contribution in [0.1, 0.15) is 26.7 Å². The molecule has 3 nitrogen and oxygen atoms in total. The van der Waals surface area contributed by atoms with Gasteiger partial charge in [0.05, 0.1) is 24.9 Å². The third-order valence-electron chi connectivity index (χ3n) is 3.56. The molecular formula is C12H22BrNO2. The van der Waals surface area contributed by atoms with Crippen LogP contribution in [-0.4, -0.2) is 54.3 Å². The first-order valence-electron chi connectivity index (χ1n) is 6.26. The van der Waals surface area contributed by atoms with Crippen molar-refractivity contribution in [1.82, 2.24) is 4.90 Å². The topological polar surface area (TPSA) is 21.7 Å². The monoisotopic (exact) mass is 291 g/mol. The van der Waals surface area contributed by atoms with Crippen LogP contribution >= 0.6 is 15.9 Å². The van der Waals surface area contributed by atoms with Gasteiger partial charge < -0.3 is 9.47 Å². The van der Waals surface area contributed by atoms with Gasteiger partial charge in [0.2, 0.25) is 0 Å². The van der Waals surface area contributed by atoms with Crippen LogP contribution in [0.25, 0.3) is 0 Å². The predicted molar refractivity (Wildman–Crippen MR) is 68.1 cm³/mol. The highest BCUT2D eigenvalue weighted by Crippen LogP contribution is 2.22. The second kappa shape index (κ2) is 5.80. The Kier molecular flexibility index (Phi) is 4.65. The van der Waals surface area contributed by atoms with E-state index in [4.69, 9.17) is 9.47 Å². The van der Waals surface area contributed by atoms with Gasteiger partial charge in [0, 0.05) is 24.5 Å². The molecule has 4 heteroatoms. The number of nitrogens with zero attached hydrogens (tertiary/aromatic N) is 1. The predicted octanol–water partition coefficient (Wildman–Crippen LogP) is 2.04. The van der Waals surface area contributed by atoms with E-state index in [0.717, 1.165) is 25.0 Å². The van der Waals surface area contributed by atoms with Gasteiger partial charge >= 0.3 is 0 Å². The van der Waals surface area contributed by atoms with Crippen LogP contribution in [0, 0.1) is 0 Å². The number of alkyl halides is 1. The first kappa shape index (κ1) is 12.8. The van der Waals surface area contributed by atoms with E-state index < -0.39 is 0 Å². The largest absolute Gasteiger partial charge is 0.374 e. The zero-order valence-corrected chi connectivity index (χ0v) is 11.8. The Labute approximate surface area is 107 Å². The first-order valence-corrected chi connectivity index (χ1v) is 7.38. The molecule has 2 saturated heterocycles. The van der Waals surface area contributed by atoms with Crippen molar-refractivity contribution in [1.29, 1.82) is 0 Å². The maximum Gasteiger partial charge on any atom is 0.0799 e. The molecule has 0 radical (unpaired) electrons. The van der Waals surface area contributed by atoms with Crippen LogP contribution in [0.2, 0.25) is 0 Å². The molecule has 16 heavy (non-hydrogen) atoms. The van der Waals surface area contributed by atoms with Crippen molar-refractivity contribution in [3.8, 4) is 0 Å². The molecule has 4 atom stereocenters. The molecule has 4 unspecified atom stereocenters. The minimum absolute atomic E-state index is 0.343. The van der Waals surface area contributed by atoms with E-state index in [0.29, 0.717) is 24.4 Å². The average molecular weight is 292 g/mol. The van der Waals surface area contributed by atoms with Gasteiger partial charge in [-0.15, -0.1) is 0 Å². The molecule has 0 aromatic heterocycles. The number of halogens is 1. The number of hydrogen-bond acceptors (Lipinski definition) is 3. The molecule has 2 heterocycles. The molecule has 0 N–H and O–H groups in total. The highest BCUT2D eigenvalue weighted by molar-refractivity contribution is 9.09. The normalized spacial score (nSPS) is 41.4. The lowest BCUT2D eigenvalue weighted by atomic mass is 10.1. The molecule has 2 aliphatic heterocycles. The maximum atomic E-state index is 5.89. The fraction of sp³-hybridized carbons (Fsp3) is 1.00. The molecular weight excluding hydrogens is 270 g/mol.